The molecule has 0 aromatic carbocycles. The van der Waals surface area contributed by atoms with Crippen molar-refractivity contribution >= 4 is 17.5 Å². The van der Waals surface area contributed by atoms with Crippen LogP contribution in [0, 0.1) is 0 Å². The number of nitrogens with zero attached hydrogens (tertiary/aromatic N) is 3. The molecule has 6 nitrogen and oxygen atoms in total. The highest BCUT2D eigenvalue weighted by molar-refractivity contribution is 5.91. The van der Waals surface area contributed by atoms with E-state index in [-0.39, 0.29) is 11.5 Å². The zero-order valence-corrected chi connectivity index (χ0v) is 10.1. The Bertz CT molecular complexity index is 611. The van der Waals surface area contributed by atoms with E-state index in [0.717, 1.165) is 18.5 Å². The lowest BCUT2D eigenvalue weighted by Crippen LogP contribution is -2.09. The molecule has 0 spiro atoms. The van der Waals surface area contributed by atoms with Crippen LogP contribution in [0.25, 0.3) is 0 Å². The number of nitrogens with one attached hydrogen (secondary N) is 1. The van der Waals surface area contributed by atoms with Crippen LogP contribution in [-0.4, -0.2) is 26.0 Å². The fourth-order valence-corrected chi connectivity index (χ4v) is 1.79. The van der Waals surface area contributed by atoms with Gasteiger partial charge in [0, 0.05) is 12.1 Å². The number of rotatable bonds is 4. The van der Waals surface area contributed by atoms with Gasteiger partial charge in [-0.05, 0) is 25.0 Å². The van der Waals surface area contributed by atoms with Gasteiger partial charge in [0.15, 0.2) is 11.5 Å². The minimum absolute atomic E-state index is 0.0479. The van der Waals surface area contributed by atoms with Crippen molar-refractivity contribution in [2.75, 3.05) is 5.32 Å². The van der Waals surface area contributed by atoms with Gasteiger partial charge in [0.2, 0.25) is 0 Å². The SMILES string of the molecule is O=C(O)c1nc(C2CC2)cnc1Nc1cccnc1. The van der Waals surface area contributed by atoms with Crippen LogP contribution in [0.15, 0.2) is 30.7 Å². The predicted octanol–water partition coefficient (Wildman–Crippen LogP) is 2.19. The molecule has 2 heterocycles. The van der Waals surface area contributed by atoms with Crippen LogP contribution in [0.2, 0.25) is 0 Å². The van der Waals surface area contributed by atoms with Crippen molar-refractivity contribution in [3.05, 3.63) is 42.1 Å². The third kappa shape index (κ3) is 2.52. The molecular formula is C13H12N4O2. The minimum atomic E-state index is -1.08. The summed E-state index contributed by atoms with van der Waals surface area (Å²) in [5.74, 6) is -0.468. The highest BCUT2D eigenvalue weighted by Crippen LogP contribution is 2.39. The topological polar surface area (TPSA) is 88.0 Å². The molecule has 96 valence electrons. The first kappa shape index (κ1) is 11.6. The number of pyridine rings is 1. The van der Waals surface area contributed by atoms with Gasteiger partial charge in [0.25, 0.3) is 0 Å². The number of carbonyl (C=O) groups is 1. The number of hydrogen-bond acceptors (Lipinski definition) is 5. The lowest BCUT2D eigenvalue weighted by atomic mass is 10.3. The van der Waals surface area contributed by atoms with Gasteiger partial charge in [-0.25, -0.2) is 14.8 Å². The lowest BCUT2D eigenvalue weighted by Gasteiger charge is -2.08. The summed E-state index contributed by atoms with van der Waals surface area (Å²) in [7, 11) is 0. The summed E-state index contributed by atoms with van der Waals surface area (Å²) in [6.45, 7) is 0. The van der Waals surface area contributed by atoms with Gasteiger partial charge in [-0.15, -0.1) is 0 Å². The highest BCUT2D eigenvalue weighted by Gasteiger charge is 2.27. The first-order valence-electron chi connectivity index (χ1n) is 6.01. The number of aromatic carboxylic acids is 1. The molecule has 1 saturated carbocycles. The standard InChI is InChI=1S/C13H12N4O2/c18-13(19)11-12(16-9-2-1-5-14-6-9)15-7-10(17-11)8-3-4-8/h1-2,5-8H,3-4H2,(H,15,16)(H,18,19). The molecule has 2 N–H and O–H groups in total. The summed E-state index contributed by atoms with van der Waals surface area (Å²) < 4.78 is 0. The molecule has 0 saturated heterocycles. The van der Waals surface area contributed by atoms with Crippen molar-refractivity contribution in [3.8, 4) is 0 Å². The first-order valence-corrected chi connectivity index (χ1v) is 6.01. The summed E-state index contributed by atoms with van der Waals surface area (Å²) in [4.78, 5) is 23.6. The summed E-state index contributed by atoms with van der Waals surface area (Å²) in [5, 5.41) is 12.1. The van der Waals surface area contributed by atoms with Gasteiger partial charge < -0.3 is 10.4 Å². The fraction of sp³-hybridized carbons (Fsp3) is 0.231. The summed E-state index contributed by atoms with van der Waals surface area (Å²) in [6, 6.07) is 3.55. The average Bonchev–Trinajstić information content (AvgIpc) is 3.24. The molecular weight excluding hydrogens is 244 g/mol. The smallest absolute Gasteiger partial charge is 0.358 e. The molecule has 1 aliphatic rings. The summed E-state index contributed by atoms with van der Waals surface area (Å²) >= 11 is 0. The first-order chi connectivity index (χ1) is 9.24. The molecule has 2 aromatic heterocycles. The number of aromatic nitrogens is 3. The van der Waals surface area contributed by atoms with Crippen LogP contribution in [0.3, 0.4) is 0 Å². The minimum Gasteiger partial charge on any atom is -0.476 e. The molecule has 0 unspecified atom stereocenters. The highest BCUT2D eigenvalue weighted by atomic mass is 16.4. The van der Waals surface area contributed by atoms with Crippen molar-refractivity contribution in [1.82, 2.24) is 15.0 Å². The Morgan fingerprint density at radius 1 is 1.37 bits per heavy atom. The Morgan fingerprint density at radius 2 is 2.21 bits per heavy atom. The molecule has 3 rings (SSSR count). The van der Waals surface area contributed by atoms with E-state index in [1.807, 2.05) is 0 Å². The van der Waals surface area contributed by atoms with Crippen molar-refractivity contribution in [2.24, 2.45) is 0 Å². The Kier molecular flexibility index (Phi) is 2.83. The van der Waals surface area contributed by atoms with Crippen LogP contribution in [0.1, 0.15) is 34.9 Å². The average molecular weight is 256 g/mol. The molecule has 1 aliphatic carbocycles. The number of hydrogen-bond donors (Lipinski definition) is 2. The maximum absolute atomic E-state index is 11.2. The van der Waals surface area contributed by atoms with Gasteiger partial charge in [-0.1, -0.05) is 0 Å². The number of anilines is 2. The maximum atomic E-state index is 11.2. The lowest BCUT2D eigenvalue weighted by molar-refractivity contribution is 0.0691. The van der Waals surface area contributed by atoms with E-state index in [1.54, 1.807) is 30.7 Å². The van der Waals surface area contributed by atoms with Crippen LogP contribution in [0.5, 0.6) is 0 Å². The number of carboxylic acids is 1. The Hall–Kier alpha value is -2.50. The quantitative estimate of drug-likeness (QED) is 0.871. The van der Waals surface area contributed by atoms with E-state index in [2.05, 4.69) is 20.3 Å². The van der Waals surface area contributed by atoms with Crippen LogP contribution in [0.4, 0.5) is 11.5 Å². The van der Waals surface area contributed by atoms with Crippen molar-refractivity contribution < 1.29 is 9.90 Å². The normalized spacial score (nSPS) is 14.1. The monoisotopic (exact) mass is 256 g/mol. The van der Waals surface area contributed by atoms with E-state index in [9.17, 15) is 9.90 Å². The molecule has 1 fully saturated rings. The fourth-order valence-electron chi connectivity index (χ4n) is 1.79. The molecule has 0 radical (unpaired) electrons. The van der Waals surface area contributed by atoms with Gasteiger partial charge >= 0.3 is 5.97 Å². The summed E-state index contributed by atoms with van der Waals surface area (Å²) in [6.07, 6.45) is 7.00. The van der Waals surface area contributed by atoms with Crippen LogP contribution in [-0.2, 0) is 0 Å². The zero-order valence-electron chi connectivity index (χ0n) is 10.1. The van der Waals surface area contributed by atoms with E-state index in [0.29, 0.717) is 11.6 Å². The molecule has 0 aliphatic heterocycles. The van der Waals surface area contributed by atoms with Gasteiger partial charge in [0.05, 0.1) is 23.8 Å². The maximum Gasteiger partial charge on any atom is 0.358 e. The van der Waals surface area contributed by atoms with Crippen molar-refractivity contribution in [1.29, 1.82) is 0 Å². The second-order valence-electron chi connectivity index (χ2n) is 4.44. The van der Waals surface area contributed by atoms with E-state index < -0.39 is 5.97 Å². The predicted molar refractivity (Wildman–Crippen MR) is 68.5 cm³/mol. The van der Waals surface area contributed by atoms with E-state index in [4.69, 9.17) is 0 Å². The second-order valence-corrected chi connectivity index (χ2v) is 4.44. The van der Waals surface area contributed by atoms with Gasteiger partial charge in [0.1, 0.15) is 0 Å². The molecule has 0 amide bonds. The van der Waals surface area contributed by atoms with Crippen molar-refractivity contribution in [3.63, 3.8) is 0 Å². The Balaban J connectivity index is 1.93. The molecule has 0 atom stereocenters. The summed E-state index contributed by atoms with van der Waals surface area (Å²) in [5.41, 5.74) is 1.39. The third-order valence-electron chi connectivity index (χ3n) is 2.91. The molecule has 0 bridgehead atoms. The van der Waals surface area contributed by atoms with E-state index >= 15 is 0 Å². The van der Waals surface area contributed by atoms with Crippen LogP contribution < -0.4 is 5.32 Å². The van der Waals surface area contributed by atoms with Crippen LogP contribution >= 0.6 is 0 Å². The molecule has 19 heavy (non-hydrogen) atoms. The molecule has 2 aromatic rings. The Morgan fingerprint density at radius 3 is 2.84 bits per heavy atom. The Labute approximate surface area is 109 Å². The van der Waals surface area contributed by atoms with Gasteiger partial charge in [-0.2, -0.15) is 0 Å². The largest absolute Gasteiger partial charge is 0.476 e. The zero-order chi connectivity index (χ0) is 13.2. The number of carboxylic acid groups (broad SMARTS) is 1. The van der Waals surface area contributed by atoms with E-state index in [1.165, 1.54) is 0 Å². The van der Waals surface area contributed by atoms with Gasteiger partial charge in [-0.3, -0.25) is 4.98 Å². The second kappa shape index (κ2) is 4.64. The molecule has 6 heteroatoms. The third-order valence-corrected chi connectivity index (χ3v) is 2.91. The van der Waals surface area contributed by atoms with Crippen molar-refractivity contribution in [2.45, 2.75) is 18.8 Å².